The van der Waals surface area contributed by atoms with Crippen LogP contribution in [0.3, 0.4) is 0 Å². The number of fused-ring (bicyclic) bond motifs is 1. The summed E-state index contributed by atoms with van der Waals surface area (Å²) < 4.78 is 0. The summed E-state index contributed by atoms with van der Waals surface area (Å²) in [6.45, 7) is 16.1. The lowest BCUT2D eigenvalue weighted by Gasteiger charge is -2.25. The van der Waals surface area contributed by atoms with Gasteiger partial charge in [0.25, 0.3) is 0 Å². The van der Waals surface area contributed by atoms with E-state index in [1.54, 1.807) is 10.4 Å². The quantitative estimate of drug-likeness (QED) is 0.721. The van der Waals surface area contributed by atoms with Gasteiger partial charge in [0, 0.05) is 33.3 Å². The van der Waals surface area contributed by atoms with Crippen molar-refractivity contribution >= 4 is 17.0 Å². The van der Waals surface area contributed by atoms with Gasteiger partial charge in [-0.25, -0.2) is 0 Å². The van der Waals surface area contributed by atoms with Gasteiger partial charge in [-0.3, -0.25) is 0 Å². The van der Waals surface area contributed by atoms with Gasteiger partial charge in [-0.05, 0) is 74.7 Å². The molecule has 2 saturated carbocycles. The molecule has 1 aromatic heterocycles. The highest BCUT2D eigenvalue weighted by Gasteiger charge is 2.28. The Hall–Kier alpha value is -1.22. The average Bonchev–Trinajstić information content (AvgIpc) is 3.43. The molecule has 0 spiro atoms. The zero-order chi connectivity index (χ0) is 18.1. The van der Waals surface area contributed by atoms with Crippen molar-refractivity contribution in [1.82, 2.24) is 5.32 Å². The normalized spacial score (nSPS) is 24.8. The van der Waals surface area contributed by atoms with Crippen LogP contribution in [0.15, 0.2) is 18.9 Å². The maximum Gasteiger partial charge on any atom is 0.0354 e. The van der Waals surface area contributed by atoms with E-state index < -0.39 is 0 Å². The second-order valence-electron chi connectivity index (χ2n) is 8.47. The van der Waals surface area contributed by atoms with Crippen molar-refractivity contribution in [1.29, 1.82) is 0 Å². The lowest BCUT2D eigenvalue weighted by molar-refractivity contribution is 0.455. The van der Waals surface area contributed by atoms with Crippen molar-refractivity contribution in [3.05, 3.63) is 39.7 Å². The topological polar surface area (TPSA) is 38.0 Å². The molecule has 1 aromatic rings. The predicted octanol–water partition coefficient (Wildman–Crippen LogP) is 5.58. The molecule has 0 aromatic carbocycles. The van der Waals surface area contributed by atoms with Crippen LogP contribution in [0, 0.1) is 24.7 Å². The Morgan fingerprint density at radius 2 is 1.88 bits per heavy atom. The van der Waals surface area contributed by atoms with Gasteiger partial charge in [-0.1, -0.05) is 27.0 Å². The van der Waals surface area contributed by atoms with Gasteiger partial charge in [0.2, 0.25) is 0 Å². The molecule has 0 bridgehead atoms. The zero-order valence-corrected chi connectivity index (χ0v) is 17.0. The number of hydrogen-bond acceptors (Lipinski definition) is 3. The lowest BCUT2D eigenvalue weighted by atomic mass is 9.81. The van der Waals surface area contributed by atoms with E-state index >= 15 is 0 Å². The molecule has 3 aliphatic carbocycles. The molecule has 3 N–H and O–H groups in total. The smallest absolute Gasteiger partial charge is 0.0354 e. The third kappa shape index (κ3) is 4.69. The number of nitrogens with two attached hydrogens (primary N) is 1. The van der Waals surface area contributed by atoms with E-state index in [9.17, 15) is 0 Å². The molecular weight excluding hydrogens is 324 g/mol. The van der Waals surface area contributed by atoms with Crippen LogP contribution in [-0.4, -0.2) is 6.54 Å². The molecule has 2 unspecified atom stereocenters. The molecule has 4 rings (SSSR count). The Labute approximate surface area is 157 Å². The Morgan fingerprint density at radius 3 is 2.40 bits per heavy atom. The summed E-state index contributed by atoms with van der Waals surface area (Å²) >= 11 is 2.00. The fraction of sp³-hybridized carbons (Fsp3) is 0.636. The van der Waals surface area contributed by atoms with Crippen LogP contribution in [0.1, 0.15) is 72.8 Å². The van der Waals surface area contributed by atoms with E-state index in [4.69, 9.17) is 5.73 Å². The molecule has 2 fully saturated rings. The molecule has 25 heavy (non-hydrogen) atoms. The Balaban J connectivity index is 0.000000258. The van der Waals surface area contributed by atoms with Crippen molar-refractivity contribution in [3.63, 3.8) is 0 Å². The SMILES string of the molecule is C=C(N)C1CC1.C=C(NCC1CC1)c1c(C)sc2c1CC(C)CC2C. The third-order valence-corrected chi connectivity index (χ3v) is 7.05. The molecule has 0 radical (unpaired) electrons. The number of hydrogen-bond donors (Lipinski definition) is 2. The molecule has 0 aliphatic heterocycles. The van der Waals surface area contributed by atoms with E-state index in [1.807, 2.05) is 11.3 Å². The molecule has 2 nitrogen and oxygen atoms in total. The van der Waals surface area contributed by atoms with Gasteiger partial charge in [-0.15, -0.1) is 11.3 Å². The first-order valence-electron chi connectivity index (χ1n) is 9.86. The van der Waals surface area contributed by atoms with Crippen molar-refractivity contribution in [3.8, 4) is 0 Å². The number of thiophene rings is 1. The number of aryl methyl sites for hydroxylation is 1. The van der Waals surface area contributed by atoms with E-state index in [0.717, 1.165) is 30.0 Å². The van der Waals surface area contributed by atoms with Crippen LogP contribution in [0.4, 0.5) is 0 Å². The maximum atomic E-state index is 5.30. The van der Waals surface area contributed by atoms with E-state index in [-0.39, 0.29) is 0 Å². The third-order valence-electron chi connectivity index (χ3n) is 5.67. The van der Waals surface area contributed by atoms with Crippen LogP contribution in [-0.2, 0) is 6.42 Å². The van der Waals surface area contributed by atoms with Crippen LogP contribution in [0.2, 0.25) is 0 Å². The molecule has 0 amide bonds. The minimum absolute atomic E-state index is 0.685. The van der Waals surface area contributed by atoms with Crippen molar-refractivity contribution in [2.45, 2.75) is 65.2 Å². The molecule has 1 heterocycles. The Bertz CT molecular complexity index is 649. The van der Waals surface area contributed by atoms with Crippen LogP contribution in [0.5, 0.6) is 0 Å². The summed E-state index contributed by atoms with van der Waals surface area (Å²) in [5, 5.41) is 3.58. The fourth-order valence-electron chi connectivity index (χ4n) is 3.88. The summed E-state index contributed by atoms with van der Waals surface area (Å²) in [5.74, 6) is 3.13. The Morgan fingerprint density at radius 1 is 1.20 bits per heavy atom. The van der Waals surface area contributed by atoms with Gasteiger partial charge in [0.05, 0.1) is 0 Å². The lowest BCUT2D eigenvalue weighted by Crippen LogP contribution is -2.18. The summed E-state index contributed by atoms with van der Waals surface area (Å²) in [4.78, 5) is 3.08. The van der Waals surface area contributed by atoms with Gasteiger partial charge in [-0.2, -0.15) is 0 Å². The standard InChI is InChI=1S/C17H25NS.C5H9N/c1-10-7-11(2)17-15(8-10)16(13(4)19-17)12(3)18-9-14-5-6-14;1-4(6)5-2-3-5/h10-11,14,18H,3,5-9H2,1-2,4H3;5H,1-3,6H2. The van der Waals surface area contributed by atoms with Crippen LogP contribution in [0.25, 0.3) is 5.70 Å². The second-order valence-corrected chi connectivity index (χ2v) is 9.73. The molecule has 2 atom stereocenters. The summed E-state index contributed by atoms with van der Waals surface area (Å²) in [6, 6.07) is 0. The highest BCUT2D eigenvalue weighted by Crippen LogP contribution is 2.44. The van der Waals surface area contributed by atoms with Gasteiger partial charge in [0.15, 0.2) is 0 Å². The highest BCUT2D eigenvalue weighted by atomic mass is 32.1. The first kappa shape index (κ1) is 18.6. The van der Waals surface area contributed by atoms with Crippen LogP contribution < -0.4 is 11.1 Å². The average molecular weight is 359 g/mol. The van der Waals surface area contributed by atoms with Crippen molar-refractivity contribution < 1.29 is 0 Å². The summed E-state index contributed by atoms with van der Waals surface area (Å²) in [5.41, 5.74) is 10.4. The van der Waals surface area contributed by atoms with Gasteiger partial charge in [0.1, 0.15) is 0 Å². The molecule has 3 heteroatoms. The van der Waals surface area contributed by atoms with E-state index in [1.165, 1.54) is 54.7 Å². The zero-order valence-electron chi connectivity index (χ0n) is 16.2. The highest BCUT2D eigenvalue weighted by molar-refractivity contribution is 7.12. The fourth-order valence-corrected chi connectivity index (χ4v) is 5.17. The monoisotopic (exact) mass is 358 g/mol. The molecular formula is C22H34N2S. The summed E-state index contributed by atoms with van der Waals surface area (Å²) in [7, 11) is 0. The maximum absolute atomic E-state index is 5.30. The molecule has 138 valence electrons. The second kappa shape index (κ2) is 7.57. The van der Waals surface area contributed by atoms with Crippen molar-refractivity contribution in [2.24, 2.45) is 23.5 Å². The number of nitrogens with one attached hydrogen (secondary N) is 1. The predicted molar refractivity (Wildman–Crippen MR) is 111 cm³/mol. The number of rotatable bonds is 5. The number of allylic oxidation sites excluding steroid dienone is 1. The first-order valence-corrected chi connectivity index (χ1v) is 10.7. The Kier molecular flexibility index (Phi) is 5.62. The first-order chi connectivity index (χ1) is 11.9. The summed E-state index contributed by atoms with van der Waals surface area (Å²) in [6.07, 6.45) is 7.92. The molecule has 3 aliphatic rings. The minimum atomic E-state index is 0.685. The molecule has 0 saturated heterocycles. The van der Waals surface area contributed by atoms with Crippen molar-refractivity contribution in [2.75, 3.05) is 6.54 Å². The van der Waals surface area contributed by atoms with Gasteiger partial charge >= 0.3 is 0 Å². The van der Waals surface area contributed by atoms with Crippen LogP contribution >= 0.6 is 11.3 Å². The minimum Gasteiger partial charge on any atom is -0.402 e. The largest absolute Gasteiger partial charge is 0.402 e. The van der Waals surface area contributed by atoms with E-state index in [0.29, 0.717) is 5.92 Å². The van der Waals surface area contributed by atoms with Gasteiger partial charge < -0.3 is 11.1 Å². The van der Waals surface area contributed by atoms with E-state index in [2.05, 4.69) is 39.2 Å².